The number of piperidine rings is 1. The second-order valence-electron chi connectivity index (χ2n) is 5.99. The third kappa shape index (κ3) is 2.42. The van der Waals surface area contributed by atoms with Crippen LogP contribution >= 0.6 is 0 Å². The molecule has 2 N–H and O–H groups in total. The molecule has 106 valence electrons. The smallest absolute Gasteiger partial charge is 0.222 e. The molecule has 4 heteroatoms. The summed E-state index contributed by atoms with van der Waals surface area (Å²) in [6.07, 6.45) is 2.46. The molecule has 0 spiro atoms. The topological polar surface area (TPSA) is 55.0 Å². The molecule has 0 aliphatic carbocycles. The molecule has 2 heterocycles. The van der Waals surface area contributed by atoms with Crippen LogP contribution in [0.5, 0.6) is 0 Å². The van der Waals surface area contributed by atoms with Crippen molar-refractivity contribution in [2.45, 2.75) is 26.7 Å². The highest BCUT2D eigenvalue weighted by molar-refractivity contribution is 5.90. The molecule has 0 amide bonds. The average molecular weight is 270 g/mol. The van der Waals surface area contributed by atoms with E-state index in [0.717, 1.165) is 41.6 Å². The normalized spacial score (nSPS) is 17.1. The fourth-order valence-corrected chi connectivity index (χ4v) is 3.10. The summed E-state index contributed by atoms with van der Waals surface area (Å²) < 4.78 is 0. The Morgan fingerprint density at radius 3 is 2.55 bits per heavy atom. The van der Waals surface area contributed by atoms with E-state index in [1.165, 1.54) is 12.8 Å². The molecule has 4 nitrogen and oxygen atoms in total. The number of para-hydroxylation sites is 1. The fourth-order valence-electron chi connectivity index (χ4n) is 3.10. The second-order valence-corrected chi connectivity index (χ2v) is 5.99. The van der Waals surface area contributed by atoms with Gasteiger partial charge < -0.3 is 10.6 Å². The first kappa shape index (κ1) is 13.2. The first-order valence-corrected chi connectivity index (χ1v) is 7.42. The van der Waals surface area contributed by atoms with Crippen LogP contribution in [0.3, 0.4) is 0 Å². The molecule has 2 aromatic rings. The van der Waals surface area contributed by atoms with E-state index in [2.05, 4.69) is 34.8 Å². The highest BCUT2D eigenvalue weighted by atomic mass is 15.2. The maximum atomic E-state index is 5.86. The lowest BCUT2D eigenvalue weighted by Gasteiger charge is -2.35. The van der Waals surface area contributed by atoms with E-state index in [-0.39, 0.29) is 0 Å². The van der Waals surface area contributed by atoms with E-state index in [1.54, 1.807) is 0 Å². The lowest BCUT2D eigenvalue weighted by molar-refractivity contribution is 0.311. The Bertz CT molecular complexity index is 600. The Balaban J connectivity index is 1.91. The molecule has 1 aliphatic rings. The number of nitrogens with zero attached hydrogens (tertiary/aromatic N) is 3. The van der Waals surface area contributed by atoms with Crippen molar-refractivity contribution in [3.63, 3.8) is 0 Å². The molecule has 1 aromatic carbocycles. The van der Waals surface area contributed by atoms with Crippen LogP contribution in [0.2, 0.25) is 0 Å². The van der Waals surface area contributed by atoms with Crippen molar-refractivity contribution in [3.8, 4) is 0 Å². The van der Waals surface area contributed by atoms with Gasteiger partial charge in [-0.1, -0.05) is 26.0 Å². The van der Waals surface area contributed by atoms with E-state index >= 15 is 0 Å². The Hall–Kier alpha value is -1.84. The van der Waals surface area contributed by atoms with Gasteiger partial charge in [0, 0.05) is 18.5 Å². The Morgan fingerprint density at radius 2 is 1.85 bits per heavy atom. The standard InChI is InChI=1S/C16H22N4/c1-11(2)12-7-9-20(10-8-12)15-13-5-3-4-6-14(13)18-16(17)19-15/h3-6,11-12H,7-10H2,1-2H3,(H2,17,18,19). The van der Waals surface area contributed by atoms with Gasteiger partial charge in [-0.05, 0) is 36.8 Å². The SMILES string of the molecule is CC(C)C1CCN(c2nc(N)nc3ccccc23)CC1. The van der Waals surface area contributed by atoms with E-state index in [1.807, 2.05) is 18.2 Å². The zero-order valence-corrected chi connectivity index (χ0v) is 12.2. The van der Waals surface area contributed by atoms with Crippen LogP contribution < -0.4 is 10.6 Å². The van der Waals surface area contributed by atoms with Crippen LogP contribution in [0.4, 0.5) is 11.8 Å². The van der Waals surface area contributed by atoms with Crippen LogP contribution in [0.15, 0.2) is 24.3 Å². The van der Waals surface area contributed by atoms with Gasteiger partial charge in [0.1, 0.15) is 5.82 Å². The number of hydrogen-bond donors (Lipinski definition) is 1. The van der Waals surface area contributed by atoms with Gasteiger partial charge in [-0.3, -0.25) is 0 Å². The number of fused-ring (bicyclic) bond motifs is 1. The largest absolute Gasteiger partial charge is 0.368 e. The molecule has 3 rings (SSSR count). The molecular formula is C16H22N4. The molecule has 0 atom stereocenters. The Labute approximate surface area is 120 Å². The van der Waals surface area contributed by atoms with Crippen LogP contribution in [-0.2, 0) is 0 Å². The van der Waals surface area contributed by atoms with E-state index in [0.29, 0.717) is 5.95 Å². The van der Waals surface area contributed by atoms with Crippen molar-refractivity contribution in [1.82, 2.24) is 9.97 Å². The number of aromatic nitrogens is 2. The number of anilines is 2. The molecule has 0 unspecified atom stereocenters. The summed E-state index contributed by atoms with van der Waals surface area (Å²) in [6.45, 7) is 6.75. The summed E-state index contributed by atoms with van der Waals surface area (Å²) >= 11 is 0. The number of hydrogen-bond acceptors (Lipinski definition) is 4. The van der Waals surface area contributed by atoms with Gasteiger partial charge in [0.25, 0.3) is 0 Å². The predicted molar refractivity (Wildman–Crippen MR) is 83.7 cm³/mol. The molecular weight excluding hydrogens is 248 g/mol. The van der Waals surface area contributed by atoms with E-state index in [9.17, 15) is 0 Å². The number of nitrogens with two attached hydrogens (primary N) is 1. The van der Waals surface area contributed by atoms with Gasteiger partial charge in [-0.15, -0.1) is 0 Å². The Kier molecular flexibility index (Phi) is 3.47. The van der Waals surface area contributed by atoms with E-state index in [4.69, 9.17) is 5.73 Å². The zero-order valence-electron chi connectivity index (χ0n) is 12.2. The summed E-state index contributed by atoms with van der Waals surface area (Å²) in [7, 11) is 0. The molecule has 0 radical (unpaired) electrons. The van der Waals surface area contributed by atoms with Crippen LogP contribution in [0.25, 0.3) is 10.9 Å². The molecule has 0 saturated carbocycles. The fraction of sp³-hybridized carbons (Fsp3) is 0.500. The molecule has 20 heavy (non-hydrogen) atoms. The predicted octanol–water partition coefficient (Wildman–Crippen LogP) is 3.08. The summed E-state index contributed by atoms with van der Waals surface area (Å²) in [5.74, 6) is 2.96. The lowest BCUT2D eigenvalue weighted by Crippen LogP contribution is -2.36. The van der Waals surface area contributed by atoms with Gasteiger partial charge >= 0.3 is 0 Å². The molecule has 1 fully saturated rings. The van der Waals surface area contributed by atoms with Crippen molar-refractivity contribution in [3.05, 3.63) is 24.3 Å². The van der Waals surface area contributed by atoms with Gasteiger partial charge in [-0.25, -0.2) is 4.98 Å². The Morgan fingerprint density at radius 1 is 1.15 bits per heavy atom. The van der Waals surface area contributed by atoms with Gasteiger partial charge in [0.2, 0.25) is 5.95 Å². The monoisotopic (exact) mass is 270 g/mol. The quantitative estimate of drug-likeness (QED) is 0.911. The highest BCUT2D eigenvalue weighted by Gasteiger charge is 2.23. The van der Waals surface area contributed by atoms with E-state index < -0.39 is 0 Å². The summed E-state index contributed by atoms with van der Waals surface area (Å²) in [5, 5.41) is 1.10. The average Bonchev–Trinajstić information content (AvgIpc) is 2.46. The van der Waals surface area contributed by atoms with Crippen molar-refractivity contribution in [1.29, 1.82) is 0 Å². The number of rotatable bonds is 2. The lowest BCUT2D eigenvalue weighted by atomic mass is 9.86. The minimum atomic E-state index is 0.365. The van der Waals surface area contributed by atoms with Crippen LogP contribution in [-0.4, -0.2) is 23.1 Å². The minimum Gasteiger partial charge on any atom is -0.368 e. The highest BCUT2D eigenvalue weighted by Crippen LogP contribution is 2.30. The zero-order chi connectivity index (χ0) is 14.1. The number of benzene rings is 1. The third-order valence-electron chi connectivity index (χ3n) is 4.38. The number of nitrogen functional groups attached to an aromatic ring is 1. The van der Waals surface area contributed by atoms with Gasteiger partial charge in [-0.2, -0.15) is 4.98 Å². The molecule has 1 aliphatic heterocycles. The van der Waals surface area contributed by atoms with Crippen LogP contribution in [0.1, 0.15) is 26.7 Å². The van der Waals surface area contributed by atoms with Crippen molar-refractivity contribution < 1.29 is 0 Å². The summed E-state index contributed by atoms with van der Waals surface area (Å²) in [4.78, 5) is 11.2. The van der Waals surface area contributed by atoms with Crippen molar-refractivity contribution >= 4 is 22.7 Å². The van der Waals surface area contributed by atoms with Crippen molar-refractivity contribution in [2.75, 3.05) is 23.7 Å². The summed E-state index contributed by atoms with van der Waals surface area (Å²) in [6, 6.07) is 8.10. The van der Waals surface area contributed by atoms with Gasteiger partial charge in [0.05, 0.1) is 5.52 Å². The first-order valence-electron chi connectivity index (χ1n) is 7.42. The third-order valence-corrected chi connectivity index (χ3v) is 4.38. The van der Waals surface area contributed by atoms with Gasteiger partial charge in [0.15, 0.2) is 0 Å². The first-order chi connectivity index (χ1) is 9.65. The maximum Gasteiger partial charge on any atom is 0.222 e. The molecule has 1 saturated heterocycles. The van der Waals surface area contributed by atoms with Crippen LogP contribution in [0, 0.1) is 11.8 Å². The summed E-state index contributed by atoms with van der Waals surface area (Å²) in [5.41, 5.74) is 6.79. The maximum absolute atomic E-state index is 5.86. The van der Waals surface area contributed by atoms with Crippen molar-refractivity contribution in [2.24, 2.45) is 11.8 Å². The molecule has 0 bridgehead atoms. The minimum absolute atomic E-state index is 0.365. The molecule has 1 aromatic heterocycles. The second kappa shape index (κ2) is 5.27.